The highest BCUT2D eigenvalue weighted by Gasteiger charge is 2.52. The van der Waals surface area contributed by atoms with Gasteiger partial charge in [-0.3, -0.25) is 25.2 Å². The van der Waals surface area contributed by atoms with Gasteiger partial charge in [-0.15, -0.1) is 0 Å². The van der Waals surface area contributed by atoms with Crippen LogP contribution in [0.4, 0.5) is 0 Å². The van der Waals surface area contributed by atoms with E-state index in [1.54, 1.807) is 29.0 Å². The highest BCUT2D eigenvalue weighted by Crippen LogP contribution is 2.37. The van der Waals surface area contributed by atoms with Crippen molar-refractivity contribution in [2.24, 2.45) is 5.41 Å². The van der Waals surface area contributed by atoms with Gasteiger partial charge in [0.1, 0.15) is 5.56 Å². The Labute approximate surface area is 220 Å². The van der Waals surface area contributed by atoms with Crippen molar-refractivity contribution in [3.05, 3.63) is 63.6 Å². The summed E-state index contributed by atoms with van der Waals surface area (Å²) >= 11 is 0. The molecule has 8 nitrogen and oxygen atoms in total. The van der Waals surface area contributed by atoms with Crippen molar-refractivity contribution in [3.63, 3.8) is 0 Å². The summed E-state index contributed by atoms with van der Waals surface area (Å²) in [5, 5.41) is 0. The van der Waals surface area contributed by atoms with Crippen LogP contribution in [-0.2, 0) is 9.31 Å². The number of hydrogen-bond donors (Lipinski definition) is 2. The van der Waals surface area contributed by atoms with Gasteiger partial charge < -0.3 is 13.9 Å². The van der Waals surface area contributed by atoms with Crippen LogP contribution in [0.2, 0.25) is 0 Å². The zero-order chi connectivity index (χ0) is 27.8. The fourth-order valence-electron chi connectivity index (χ4n) is 4.56. The quantitative estimate of drug-likeness (QED) is 0.455. The molecular weight excluding hydrogens is 469 g/mol. The first-order chi connectivity index (χ1) is 17.1. The lowest BCUT2D eigenvalue weighted by molar-refractivity contribution is 0.00578. The van der Waals surface area contributed by atoms with E-state index < -0.39 is 30.1 Å². The molecule has 0 radical (unpaired) electrons. The third kappa shape index (κ3) is 5.83. The first-order valence-corrected chi connectivity index (χ1v) is 12.9. The summed E-state index contributed by atoms with van der Waals surface area (Å²) in [6.07, 6.45) is 3.43. The lowest BCUT2D eigenvalue weighted by atomic mass is 9.75. The van der Waals surface area contributed by atoms with Crippen LogP contribution in [0, 0.1) is 12.3 Å². The molecule has 2 heterocycles. The molecule has 2 aromatic rings. The first kappa shape index (κ1) is 28.7. The SMILES string of the molecule is CCCC(n1cccc(C(=O)NNC(=O)c2cccc(B3OC(C)(C)C(C)(C)O3)c2C)c1=O)C(C)(C)C. The normalized spacial score (nSPS) is 17.4. The number of hydrogen-bond acceptors (Lipinski definition) is 5. The van der Waals surface area contributed by atoms with E-state index in [1.807, 2.05) is 40.7 Å². The number of benzene rings is 1. The number of carbonyl (C=O) groups excluding carboxylic acids is 2. The summed E-state index contributed by atoms with van der Waals surface area (Å²) in [6, 6.07) is 8.37. The third-order valence-corrected chi connectivity index (χ3v) is 7.53. The molecule has 0 spiro atoms. The Hall–Kier alpha value is -2.91. The standard InChI is InChI=1S/C28H40BN3O5/c1-10-13-22(26(3,4)5)32-17-12-15-20(25(32)35)24(34)31-30-23(33)19-14-11-16-21(18(19)2)29-36-27(6,7)28(8,9)37-29/h11-12,14-17,22H,10,13H2,1-9H3,(H,30,33)(H,31,34). The number of amides is 2. The molecule has 2 amide bonds. The van der Waals surface area contributed by atoms with Crippen molar-refractivity contribution in [2.45, 2.75) is 92.4 Å². The molecule has 1 aromatic heterocycles. The molecule has 1 aliphatic heterocycles. The van der Waals surface area contributed by atoms with Crippen LogP contribution in [0.1, 0.15) is 101 Å². The Morgan fingerprint density at radius 2 is 1.51 bits per heavy atom. The maximum absolute atomic E-state index is 13.2. The maximum atomic E-state index is 13.2. The summed E-state index contributed by atoms with van der Waals surface area (Å²) < 4.78 is 13.9. The summed E-state index contributed by atoms with van der Waals surface area (Å²) in [4.78, 5) is 39.1. The number of aromatic nitrogens is 1. The van der Waals surface area contributed by atoms with Crippen molar-refractivity contribution in [1.29, 1.82) is 0 Å². The molecule has 2 N–H and O–H groups in total. The van der Waals surface area contributed by atoms with Crippen LogP contribution in [-0.4, -0.2) is 34.7 Å². The number of carbonyl (C=O) groups is 2. The van der Waals surface area contributed by atoms with Gasteiger partial charge in [0, 0.05) is 17.8 Å². The van der Waals surface area contributed by atoms with Crippen LogP contribution >= 0.6 is 0 Å². The highest BCUT2D eigenvalue weighted by molar-refractivity contribution is 6.62. The van der Waals surface area contributed by atoms with Crippen molar-refractivity contribution >= 4 is 24.4 Å². The van der Waals surface area contributed by atoms with E-state index in [2.05, 4.69) is 38.5 Å². The zero-order valence-corrected chi connectivity index (χ0v) is 23.5. The van der Waals surface area contributed by atoms with E-state index in [9.17, 15) is 14.4 Å². The minimum atomic E-state index is -0.670. The average molecular weight is 509 g/mol. The second kappa shape index (κ2) is 10.5. The molecule has 37 heavy (non-hydrogen) atoms. The van der Waals surface area contributed by atoms with Gasteiger partial charge in [-0.2, -0.15) is 0 Å². The molecule has 1 fully saturated rings. The van der Waals surface area contributed by atoms with Crippen LogP contribution in [0.5, 0.6) is 0 Å². The predicted octanol–water partition coefficient (Wildman–Crippen LogP) is 3.92. The molecular formula is C28H40BN3O5. The topological polar surface area (TPSA) is 98.7 Å². The van der Waals surface area contributed by atoms with E-state index in [4.69, 9.17) is 9.31 Å². The number of hydrazine groups is 1. The molecule has 0 bridgehead atoms. The van der Waals surface area contributed by atoms with Gasteiger partial charge in [0.15, 0.2) is 0 Å². The summed E-state index contributed by atoms with van der Waals surface area (Å²) in [5.74, 6) is -1.17. The van der Waals surface area contributed by atoms with E-state index in [0.717, 1.165) is 18.3 Å². The summed E-state index contributed by atoms with van der Waals surface area (Å²) in [5.41, 5.74) is 5.04. The summed E-state index contributed by atoms with van der Waals surface area (Å²) in [6.45, 7) is 18.0. The van der Waals surface area contributed by atoms with Crippen molar-refractivity contribution < 1.29 is 18.9 Å². The van der Waals surface area contributed by atoms with Crippen molar-refractivity contribution in [2.75, 3.05) is 0 Å². The van der Waals surface area contributed by atoms with Crippen LogP contribution in [0.15, 0.2) is 41.3 Å². The number of pyridine rings is 1. The van der Waals surface area contributed by atoms with E-state index in [1.165, 1.54) is 6.07 Å². The van der Waals surface area contributed by atoms with Crippen LogP contribution in [0.25, 0.3) is 0 Å². The van der Waals surface area contributed by atoms with Gasteiger partial charge in [-0.05, 0) is 75.7 Å². The summed E-state index contributed by atoms with van der Waals surface area (Å²) in [7, 11) is -0.617. The molecule has 0 aliphatic carbocycles. The molecule has 1 saturated heterocycles. The second-order valence-corrected chi connectivity index (χ2v) is 11.8. The van der Waals surface area contributed by atoms with E-state index >= 15 is 0 Å². The number of rotatable bonds is 6. The molecule has 0 saturated carbocycles. The Morgan fingerprint density at radius 1 is 0.973 bits per heavy atom. The Bertz CT molecular complexity index is 1210. The molecule has 1 atom stereocenters. The second-order valence-electron chi connectivity index (χ2n) is 11.8. The van der Waals surface area contributed by atoms with E-state index in [-0.39, 0.29) is 22.6 Å². The molecule has 1 aromatic carbocycles. The fourth-order valence-corrected chi connectivity index (χ4v) is 4.56. The van der Waals surface area contributed by atoms with Crippen molar-refractivity contribution in [1.82, 2.24) is 15.4 Å². The van der Waals surface area contributed by atoms with Crippen LogP contribution in [0.3, 0.4) is 0 Å². The fraction of sp³-hybridized carbons (Fsp3) is 0.536. The smallest absolute Gasteiger partial charge is 0.399 e. The highest BCUT2D eigenvalue weighted by atomic mass is 16.7. The Kier molecular flexibility index (Phi) is 8.10. The number of nitrogens with one attached hydrogen (secondary N) is 2. The van der Waals surface area contributed by atoms with Crippen molar-refractivity contribution in [3.8, 4) is 0 Å². The van der Waals surface area contributed by atoms with Gasteiger partial charge in [0.05, 0.1) is 11.2 Å². The monoisotopic (exact) mass is 509 g/mol. The molecule has 1 unspecified atom stereocenters. The Balaban J connectivity index is 1.78. The third-order valence-electron chi connectivity index (χ3n) is 7.53. The molecule has 1 aliphatic rings. The predicted molar refractivity (Wildman–Crippen MR) is 146 cm³/mol. The largest absolute Gasteiger partial charge is 0.495 e. The van der Waals surface area contributed by atoms with Gasteiger partial charge in [0.2, 0.25) is 0 Å². The molecule has 3 rings (SSSR count). The van der Waals surface area contributed by atoms with Gasteiger partial charge >= 0.3 is 7.12 Å². The lowest BCUT2D eigenvalue weighted by Crippen LogP contribution is -2.45. The Morgan fingerprint density at radius 3 is 2.05 bits per heavy atom. The molecule has 200 valence electrons. The van der Waals surface area contributed by atoms with Crippen LogP contribution < -0.4 is 21.9 Å². The lowest BCUT2D eigenvalue weighted by Gasteiger charge is -2.32. The van der Waals surface area contributed by atoms with Gasteiger partial charge in [0.25, 0.3) is 17.4 Å². The van der Waals surface area contributed by atoms with E-state index in [0.29, 0.717) is 11.1 Å². The average Bonchev–Trinajstić information content (AvgIpc) is 3.02. The molecule has 9 heteroatoms. The first-order valence-electron chi connectivity index (χ1n) is 12.9. The maximum Gasteiger partial charge on any atom is 0.495 e. The number of nitrogens with zero attached hydrogens (tertiary/aromatic N) is 1. The zero-order valence-electron chi connectivity index (χ0n) is 23.5. The van der Waals surface area contributed by atoms with Gasteiger partial charge in [-0.25, -0.2) is 0 Å². The van der Waals surface area contributed by atoms with Gasteiger partial charge in [-0.1, -0.05) is 46.2 Å². The minimum Gasteiger partial charge on any atom is -0.399 e. The minimum absolute atomic E-state index is 0.0316.